The molecule has 15 heavy (non-hydrogen) atoms. The number of nitrogens with two attached hydrogens (primary N) is 1. The largest absolute Gasteiger partial charge is 0.368 e. The van der Waals surface area contributed by atoms with Crippen LogP contribution in [0.25, 0.3) is 0 Å². The average molecular weight is 205 g/mol. The quantitative estimate of drug-likeness (QED) is 0.725. The van der Waals surface area contributed by atoms with Crippen LogP contribution in [0.15, 0.2) is 24.3 Å². The molecule has 0 radical (unpaired) electrons. The number of primary amides is 1. The zero-order valence-corrected chi connectivity index (χ0v) is 8.57. The second-order valence-electron chi connectivity index (χ2n) is 3.62. The summed E-state index contributed by atoms with van der Waals surface area (Å²) in [4.78, 5) is 13.4. The van der Waals surface area contributed by atoms with Crippen molar-refractivity contribution in [1.29, 1.82) is 0 Å². The van der Waals surface area contributed by atoms with Gasteiger partial charge in [0.05, 0.1) is 5.56 Å². The third-order valence-electron chi connectivity index (χ3n) is 2.63. The molecule has 0 bridgehead atoms. The predicted molar refractivity (Wildman–Crippen MR) is 60.0 cm³/mol. The van der Waals surface area contributed by atoms with E-state index in [1.54, 1.807) is 6.07 Å². The number of carbonyl (C=O) groups is 1. The molecule has 0 saturated carbocycles. The van der Waals surface area contributed by atoms with Crippen LogP contribution < -0.4 is 16.0 Å². The van der Waals surface area contributed by atoms with Crippen molar-refractivity contribution in [2.24, 2.45) is 5.73 Å². The molecule has 0 aromatic heterocycles. The maximum absolute atomic E-state index is 11.2. The van der Waals surface area contributed by atoms with Gasteiger partial charge >= 0.3 is 0 Å². The number of hydrogen-bond acceptors (Lipinski definition) is 3. The van der Waals surface area contributed by atoms with Gasteiger partial charge in [-0.15, -0.1) is 0 Å². The van der Waals surface area contributed by atoms with Gasteiger partial charge in [0.2, 0.25) is 0 Å². The van der Waals surface area contributed by atoms with E-state index in [0.717, 1.165) is 31.9 Å². The van der Waals surface area contributed by atoms with Crippen molar-refractivity contribution in [1.82, 2.24) is 5.32 Å². The molecule has 0 aliphatic carbocycles. The molecule has 1 saturated heterocycles. The van der Waals surface area contributed by atoms with E-state index in [4.69, 9.17) is 5.73 Å². The van der Waals surface area contributed by atoms with Crippen LogP contribution in [-0.2, 0) is 0 Å². The molecule has 1 aliphatic heterocycles. The Balaban J connectivity index is 2.29. The van der Waals surface area contributed by atoms with E-state index in [9.17, 15) is 4.79 Å². The number of nitrogens with zero attached hydrogens (tertiary/aromatic N) is 1. The van der Waals surface area contributed by atoms with Crippen molar-refractivity contribution in [2.75, 3.05) is 31.1 Å². The first-order valence-electron chi connectivity index (χ1n) is 5.13. The molecule has 3 N–H and O–H groups in total. The molecule has 0 atom stereocenters. The van der Waals surface area contributed by atoms with Gasteiger partial charge in [-0.05, 0) is 12.1 Å². The number of hydrogen-bond donors (Lipinski definition) is 2. The summed E-state index contributed by atoms with van der Waals surface area (Å²) >= 11 is 0. The van der Waals surface area contributed by atoms with Crippen LogP contribution in [0.5, 0.6) is 0 Å². The van der Waals surface area contributed by atoms with Crippen LogP contribution in [0, 0.1) is 0 Å². The lowest BCUT2D eigenvalue weighted by Gasteiger charge is -2.30. The summed E-state index contributed by atoms with van der Waals surface area (Å²) in [6.45, 7) is 3.74. The smallest absolute Gasteiger partial charge is 0.250 e. The minimum absolute atomic E-state index is 0.357. The lowest BCUT2D eigenvalue weighted by molar-refractivity contribution is 0.100. The Morgan fingerprint density at radius 2 is 1.93 bits per heavy atom. The van der Waals surface area contributed by atoms with Crippen molar-refractivity contribution in [3.8, 4) is 0 Å². The Labute approximate surface area is 89.1 Å². The van der Waals surface area contributed by atoms with Gasteiger partial charge in [-0.2, -0.15) is 0 Å². The molecule has 2 rings (SSSR count). The Morgan fingerprint density at radius 3 is 2.60 bits per heavy atom. The molecule has 1 aromatic carbocycles. The van der Waals surface area contributed by atoms with Gasteiger partial charge in [-0.3, -0.25) is 4.79 Å². The highest BCUT2D eigenvalue weighted by Crippen LogP contribution is 2.19. The Kier molecular flexibility index (Phi) is 2.87. The number of benzene rings is 1. The fourth-order valence-corrected chi connectivity index (χ4v) is 1.86. The van der Waals surface area contributed by atoms with Crippen LogP contribution in [-0.4, -0.2) is 32.1 Å². The molecule has 1 fully saturated rings. The summed E-state index contributed by atoms with van der Waals surface area (Å²) < 4.78 is 0. The number of piperazine rings is 1. The maximum Gasteiger partial charge on any atom is 0.250 e. The molecule has 80 valence electrons. The maximum atomic E-state index is 11.2. The Hall–Kier alpha value is -1.55. The van der Waals surface area contributed by atoms with Crippen molar-refractivity contribution in [2.45, 2.75) is 0 Å². The number of para-hydroxylation sites is 1. The van der Waals surface area contributed by atoms with E-state index < -0.39 is 0 Å². The minimum Gasteiger partial charge on any atom is -0.368 e. The lowest BCUT2D eigenvalue weighted by atomic mass is 10.1. The number of amides is 1. The van der Waals surface area contributed by atoms with Crippen LogP contribution in [0.1, 0.15) is 10.4 Å². The first-order valence-corrected chi connectivity index (χ1v) is 5.13. The second kappa shape index (κ2) is 4.31. The van der Waals surface area contributed by atoms with Gasteiger partial charge in [0.1, 0.15) is 0 Å². The molecule has 1 aliphatic rings. The van der Waals surface area contributed by atoms with Gasteiger partial charge in [-0.1, -0.05) is 12.1 Å². The zero-order valence-electron chi connectivity index (χ0n) is 8.57. The van der Waals surface area contributed by atoms with Crippen LogP contribution in [0.3, 0.4) is 0 Å². The molecule has 1 heterocycles. The topological polar surface area (TPSA) is 58.4 Å². The van der Waals surface area contributed by atoms with Gasteiger partial charge < -0.3 is 16.0 Å². The Bertz CT molecular complexity index is 359. The zero-order chi connectivity index (χ0) is 10.7. The average Bonchev–Trinajstić information content (AvgIpc) is 2.30. The van der Waals surface area contributed by atoms with Gasteiger partial charge in [0.15, 0.2) is 0 Å². The summed E-state index contributed by atoms with van der Waals surface area (Å²) in [6.07, 6.45) is 0. The predicted octanol–water partition coefficient (Wildman–Crippen LogP) is 0.195. The van der Waals surface area contributed by atoms with Crippen LogP contribution in [0.2, 0.25) is 0 Å². The SMILES string of the molecule is NC(=O)c1ccccc1N1CCNCC1. The molecular formula is C11H15N3O. The van der Waals surface area contributed by atoms with Gasteiger partial charge in [0.25, 0.3) is 5.91 Å². The van der Waals surface area contributed by atoms with E-state index in [2.05, 4.69) is 10.2 Å². The fraction of sp³-hybridized carbons (Fsp3) is 0.364. The van der Waals surface area contributed by atoms with Crippen molar-refractivity contribution in [3.63, 3.8) is 0 Å². The Morgan fingerprint density at radius 1 is 1.27 bits per heavy atom. The number of carbonyl (C=O) groups excluding carboxylic acids is 1. The highest BCUT2D eigenvalue weighted by Gasteiger charge is 2.15. The lowest BCUT2D eigenvalue weighted by Crippen LogP contribution is -2.44. The summed E-state index contributed by atoms with van der Waals surface area (Å²) in [7, 11) is 0. The van der Waals surface area contributed by atoms with E-state index in [1.807, 2.05) is 18.2 Å². The van der Waals surface area contributed by atoms with Gasteiger partial charge in [-0.25, -0.2) is 0 Å². The fourth-order valence-electron chi connectivity index (χ4n) is 1.86. The minimum atomic E-state index is -0.357. The standard InChI is InChI=1S/C11H15N3O/c12-11(15)9-3-1-2-4-10(9)14-7-5-13-6-8-14/h1-4,13H,5-8H2,(H2,12,15). The normalized spacial score (nSPS) is 16.4. The summed E-state index contributed by atoms with van der Waals surface area (Å²) in [5.41, 5.74) is 6.90. The summed E-state index contributed by atoms with van der Waals surface area (Å²) in [5, 5.41) is 3.28. The molecular weight excluding hydrogens is 190 g/mol. The third kappa shape index (κ3) is 2.10. The number of anilines is 1. The van der Waals surface area contributed by atoms with Crippen LogP contribution in [0.4, 0.5) is 5.69 Å². The number of rotatable bonds is 2. The molecule has 4 heteroatoms. The molecule has 0 unspecified atom stereocenters. The molecule has 1 aromatic rings. The van der Waals surface area contributed by atoms with E-state index >= 15 is 0 Å². The second-order valence-corrected chi connectivity index (χ2v) is 3.62. The van der Waals surface area contributed by atoms with Crippen molar-refractivity contribution in [3.05, 3.63) is 29.8 Å². The number of nitrogens with one attached hydrogen (secondary N) is 1. The van der Waals surface area contributed by atoms with E-state index in [-0.39, 0.29) is 5.91 Å². The third-order valence-corrected chi connectivity index (χ3v) is 2.63. The van der Waals surface area contributed by atoms with E-state index in [1.165, 1.54) is 0 Å². The van der Waals surface area contributed by atoms with Gasteiger partial charge in [0, 0.05) is 31.9 Å². The highest BCUT2D eigenvalue weighted by atomic mass is 16.1. The van der Waals surface area contributed by atoms with Crippen LogP contribution >= 0.6 is 0 Å². The van der Waals surface area contributed by atoms with Crippen molar-refractivity contribution < 1.29 is 4.79 Å². The molecule has 1 amide bonds. The summed E-state index contributed by atoms with van der Waals surface area (Å²) in [6, 6.07) is 7.50. The molecule has 4 nitrogen and oxygen atoms in total. The summed E-state index contributed by atoms with van der Waals surface area (Å²) in [5.74, 6) is -0.357. The first-order chi connectivity index (χ1) is 7.29. The molecule has 0 spiro atoms. The monoisotopic (exact) mass is 205 g/mol. The van der Waals surface area contributed by atoms with E-state index in [0.29, 0.717) is 5.56 Å². The van der Waals surface area contributed by atoms with Crippen molar-refractivity contribution >= 4 is 11.6 Å². The first kappa shape index (κ1) is 9.98. The highest BCUT2D eigenvalue weighted by molar-refractivity contribution is 5.98.